The van der Waals surface area contributed by atoms with E-state index >= 15 is 0 Å². The zero-order chi connectivity index (χ0) is 15.5. The van der Waals surface area contributed by atoms with E-state index in [0.717, 1.165) is 4.47 Å². The Bertz CT molecular complexity index is 624. The molecule has 124 valence electrons. The number of sulfone groups is 1. The summed E-state index contributed by atoms with van der Waals surface area (Å²) in [6.07, 6.45) is 0. The van der Waals surface area contributed by atoms with Gasteiger partial charge in [-0.15, -0.1) is 12.4 Å². The highest BCUT2D eigenvalue weighted by molar-refractivity contribution is 9.10. The van der Waals surface area contributed by atoms with Crippen molar-refractivity contribution in [3.8, 4) is 0 Å². The minimum absolute atomic E-state index is 0. The van der Waals surface area contributed by atoms with Crippen molar-refractivity contribution < 1.29 is 13.2 Å². The maximum atomic E-state index is 12.2. The van der Waals surface area contributed by atoms with Crippen LogP contribution in [-0.2, 0) is 20.4 Å². The third kappa shape index (κ3) is 5.53. The van der Waals surface area contributed by atoms with Gasteiger partial charge in [0.05, 0.1) is 5.75 Å². The summed E-state index contributed by atoms with van der Waals surface area (Å²) in [7, 11) is -3.46. The highest BCUT2D eigenvalue weighted by Crippen LogP contribution is 2.15. The number of rotatable bonds is 4. The van der Waals surface area contributed by atoms with Gasteiger partial charge in [-0.05, 0) is 24.6 Å². The average molecular weight is 412 g/mol. The summed E-state index contributed by atoms with van der Waals surface area (Å²) in [5.74, 6) is -0.846. The van der Waals surface area contributed by atoms with Crippen molar-refractivity contribution in [3.63, 3.8) is 0 Å². The number of hydrogen-bond acceptors (Lipinski definition) is 4. The number of benzene rings is 1. The lowest BCUT2D eigenvalue weighted by molar-refractivity contribution is -0.131. The zero-order valence-electron chi connectivity index (χ0n) is 12.3. The minimum atomic E-state index is -3.46. The van der Waals surface area contributed by atoms with Gasteiger partial charge in [-0.25, -0.2) is 8.42 Å². The number of halogens is 2. The van der Waals surface area contributed by atoms with Gasteiger partial charge in [0.1, 0.15) is 5.75 Å². The quantitative estimate of drug-likeness (QED) is 0.817. The number of nitrogens with zero attached hydrogens (tertiary/aromatic N) is 1. The monoisotopic (exact) mass is 410 g/mol. The Kier molecular flexibility index (Phi) is 7.31. The third-order valence-corrected chi connectivity index (χ3v) is 5.39. The zero-order valence-corrected chi connectivity index (χ0v) is 15.5. The molecular weight excluding hydrogens is 392 g/mol. The van der Waals surface area contributed by atoms with E-state index in [1.54, 1.807) is 23.1 Å². The van der Waals surface area contributed by atoms with Crippen molar-refractivity contribution in [2.24, 2.45) is 0 Å². The number of amides is 1. The second-order valence-corrected chi connectivity index (χ2v) is 8.28. The lowest BCUT2D eigenvalue weighted by Gasteiger charge is -2.33. The van der Waals surface area contributed by atoms with Crippen LogP contribution >= 0.6 is 28.3 Å². The first-order valence-electron chi connectivity index (χ1n) is 6.82. The van der Waals surface area contributed by atoms with Crippen LogP contribution in [0, 0.1) is 0 Å². The first-order valence-corrected chi connectivity index (χ1v) is 9.44. The molecular formula is C14H20BrClN2O3S. The van der Waals surface area contributed by atoms with Gasteiger partial charge in [0.2, 0.25) is 5.91 Å². The highest BCUT2D eigenvalue weighted by atomic mass is 79.9. The van der Waals surface area contributed by atoms with E-state index in [2.05, 4.69) is 21.2 Å². The fourth-order valence-electron chi connectivity index (χ4n) is 2.41. The lowest BCUT2D eigenvalue weighted by Crippen LogP contribution is -2.53. The molecule has 0 aromatic heterocycles. The van der Waals surface area contributed by atoms with Gasteiger partial charge in [-0.3, -0.25) is 4.79 Å². The minimum Gasteiger partial charge on any atom is -0.337 e. The molecule has 0 spiro atoms. The van der Waals surface area contributed by atoms with Crippen molar-refractivity contribution in [1.82, 2.24) is 10.2 Å². The summed E-state index contributed by atoms with van der Waals surface area (Å²) in [4.78, 5) is 13.8. The Morgan fingerprint density at radius 3 is 2.82 bits per heavy atom. The topological polar surface area (TPSA) is 66.5 Å². The molecule has 1 saturated heterocycles. The number of hydrogen-bond donors (Lipinski definition) is 1. The van der Waals surface area contributed by atoms with Crippen LogP contribution in [0.2, 0.25) is 0 Å². The SMILES string of the molecule is C[C@H]1CNCCN1C(=O)CS(=O)(=O)Cc1cccc(Br)c1.Cl. The van der Waals surface area contributed by atoms with E-state index in [1.165, 1.54) is 0 Å². The Balaban J connectivity index is 0.00000242. The number of carbonyl (C=O) groups is 1. The van der Waals surface area contributed by atoms with Gasteiger partial charge in [0, 0.05) is 30.1 Å². The maximum Gasteiger partial charge on any atom is 0.238 e. The molecule has 2 rings (SSSR count). The van der Waals surface area contributed by atoms with Gasteiger partial charge in [0.25, 0.3) is 0 Å². The molecule has 0 aliphatic carbocycles. The first kappa shape index (κ1) is 19.4. The predicted octanol–water partition coefficient (Wildman–Crippen LogP) is 1.61. The molecule has 1 aliphatic rings. The maximum absolute atomic E-state index is 12.2. The van der Waals surface area contributed by atoms with Crippen LogP contribution in [0.15, 0.2) is 28.7 Å². The molecule has 22 heavy (non-hydrogen) atoms. The molecule has 0 bridgehead atoms. The van der Waals surface area contributed by atoms with Gasteiger partial charge in [0.15, 0.2) is 9.84 Å². The van der Waals surface area contributed by atoms with Crippen LogP contribution < -0.4 is 5.32 Å². The summed E-state index contributed by atoms with van der Waals surface area (Å²) >= 11 is 3.31. The van der Waals surface area contributed by atoms with E-state index < -0.39 is 15.6 Å². The Morgan fingerprint density at radius 1 is 1.45 bits per heavy atom. The van der Waals surface area contributed by atoms with Crippen LogP contribution in [0.4, 0.5) is 0 Å². The predicted molar refractivity (Wildman–Crippen MR) is 92.9 cm³/mol. The van der Waals surface area contributed by atoms with Crippen LogP contribution in [-0.4, -0.2) is 50.7 Å². The third-order valence-electron chi connectivity index (χ3n) is 3.44. The first-order chi connectivity index (χ1) is 9.87. The fraction of sp³-hybridized carbons (Fsp3) is 0.500. The molecule has 1 amide bonds. The summed E-state index contributed by atoms with van der Waals surface area (Å²) in [6.45, 7) is 3.90. The molecule has 1 aromatic carbocycles. The molecule has 0 saturated carbocycles. The van der Waals surface area contributed by atoms with Crippen molar-refractivity contribution in [1.29, 1.82) is 0 Å². The summed E-state index contributed by atoms with van der Waals surface area (Å²) in [5.41, 5.74) is 0.686. The van der Waals surface area contributed by atoms with E-state index in [9.17, 15) is 13.2 Å². The van der Waals surface area contributed by atoms with E-state index in [1.807, 2.05) is 13.0 Å². The average Bonchev–Trinajstić information content (AvgIpc) is 2.37. The molecule has 1 heterocycles. The van der Waals surface area contributed by atoms with Crippen LogP contribution in [0.3, 0.4) is 0 Å². The number of carbonyl (C=O) groups excluding carboxylic acids is 1. The lowest BCUT2D eigenvalue weighted by atomic mass is 10.2. The van der Waals surface area contributed by atoms with Gasteiger partial charge < -0.3 is 10.2 Å². The molecule has 8 heteroatoms. The van der Waals surface area contributed by atoms with Crippen LogP contribution in [0.5, 0.6) is 0 Å². The Labute approximate surface area is 145 Å². The van der Waals surface area contributed by atoms with E-state index in [0.29, 0.717) is 25.2 Å². The van der Waals surface area contributed by atoms with Gasteiger partial charge in [-0.1, -0.05) is 28.1 Å². The van der Waals surface area contributed by atoms with Crippen molar-refractivity contribution in [2.45, 2.75) is 18.7 Å². The number of piperazine rings is 1. The van der Waals surface area contributed by atoms with Crippen molar-refractivity contribution in [3.05, 3.63) is 34.3 Å². The molecule has 5 nitrogen and oxygen atoms in total. The largest absolute Gasteiger partial charge is 0.337 e. The molecule has 1 atom stereocenters. The van der Waals surface area contributed by atoms with Crippen LogP contribution in [0.25, 0.3) is 0 Å². The molecule has 1 fully saturated rings. The fourth-order valence-corrected chi connectivity index (χ4v) is 4.19. The molecule has 0 radical (unpaired) electrons. The van der Waals surface area contributed by atoms with Crippen molar-refractivity contribution >= 4 is 44.1 Å². The van der Waals surface area contributed by atoms with Gasteiger partial charge in [-0.2, -0.15) is 0 Å². The normalized spacial score (nSPS) is 18.6. The smallest absolute Gasteiger partial charge is 0.238 e. The highest BCUT2D eigenvalue weighted by Gasteiger charge is 2.27. The van der Waals surface area contributed by atoms with E-state index in [4.69, 9.17) is 0 Å². The number of nitrogens with one attached hydrogen (secondary N) is 1. The Hall–Kier alpha value is -0.630. The summed E-state index contributed by atoms with van der Waals surface area (Å²) in [6, 6.07) is 7.17. The second kappa shape index (κ2) is 8.29. The van der Waals surface area contributed by atoms with Crippen LogP contribution in [0.1, 0.15) is 12.5 Å². The summed E-state index contributed by atoms with van der Waals surface area (Å²) in [5, 5.41) is 3.18. The van der Waals surface area contributed by atoms with Crippen molar-refractivity contribution in [2.75, 3.05) is 25.4 Å². The summed E-state index contributed by atoms with van der Waals surface area (Å²) < 4.78 is 25.2. The molecule has 1 aliphatic heterocycles. The molecule has 0 unspecified atom stereocenters. The molecule has 1 aromatic rings. The molecule has 1 N–H and O–H groups in total. The van der Waals surface area contributed by atoms with Gasteiger partial charge >= 0.3 is 0 Å². The Morgan fingerprint density at radius 2 is 2.18 bits per heavy atom. The standard InChI is InChI=1S/C14H19BrN2O3S.ClH/c1-11-8-16-5-6-17(11)14(18)10-21(19,20)9-12-3-2-4-13(15)7-12;/h2-4,7,11,16H,5-6,8-10H2,1H3;1H/t11-;/m0./s1. The van der Waals surface area contributed by atoms with E-state index in [-0.39, 0.29) is 30.1 Å². The second-order valence-electron chi connectivity index (χ2n) is 5.30.